The molecule has 17 heavy (non-hydrogen) atoms. The van der Waals surface area contributed by atoms with Gasteiger partial charge in [0.05, 0.1) is 18.1 Å². The first-order chi connectivity index (χ1) is 7.81. The van der Waals surface area contributed by atoms with Gasteiger partial charge in [-0.05, 0) is 20.8 Å². The molecule has 0 saturated carbocycles. The van der Waals surface area contributed by atoms with Crippen LogP contribution in [0.25, 0.3) is 0 Å². The highest BCUT2D eigenvalue weighted by Crippen LogP contribution is 2.11. The fourth-order valence-electron chi connectivity index (χ4n) is 1.32. The van der Waals surface area contributed by atoms with Crippen LogP contribution in [0.4, 0.5) is 4.79 Å². The summed E-state index contributed by atoms with van der Waals surface area (Å²) >= 11 is 0. The number of carbonyl (C=O) groups excluding carboxylic acids is 1. The van der Waals surface area contributed by atoms with Crippen LogP contribution in [-0.4, -0.2) is 27.8 Å². The zero-order valence-corrected chi connectivity index (χ0v) is 10.7. The number of imidazole rings is 1. The normalized spacial score (nSPS) is 13.2. The molecule has 1 aromatic heterocycles. The molecular formula is C11H20N4O2. The molecule has 6 nitrogen and oxygen atoms in total. The largest absolute Gasteiger partial charge is 0.444 e. The van der Waals surface area contributed by atoms with Gasteiger partial charge in [-0.25, -0.2) is 9.78 Å². The molecule has 0 aliphatic rings. The summed E-state index contributed by atoms with van der Waals surface area (Å²) in [5.74, 6) is 0. The second-order valence-corrected chi connectivity index (χ2v) is 4.90. The van der Waals surface area contributed by atoms with Crippen LogP contribution in [0.2, 0.25) is 0 Å². The number of nitrogens with two attached hydrogens (primary N) is 1. The summed E-state index contributed by atoms with van der Waals surface area (Å²) in [5.41, 5.74) is 5.81. The highest BCUT2D eigenvalue weighted by molar-refractivity contribution is 5.68. The number of alkyl carbamates (subject to hydrolysis) is 1. The van der Waals surface area contributed by atoms with E-state index in [1.165, 1.54) is 0 Å². The monoisotopic (exact) mass is 240 g/mol. The topological polar surface area (TPSA) is 82.2 Å². The van der Waals surface area contributed by atoms with Crippen molar-refractivity contribution in [2.75, 3.05) is 6.54 Å². The van der Waals surface area contributed by atoms with E-state index in [9.17, 15) is 4.79 Å². The zero-order chi connectivity index (χ0) is 13.1. The maximum atomic E-state index is 11.6. The Morgan fingerprint density at radius 3 is 2.71 bits per heavy atom. The Balaban J connectivity index is 2.62. The number of hydrogen-bond donors (Lipinski definition) is 2. The molecule has 1 aromatic rings. The molecule has 6 heteroatoms. The van der Waals surface area contributed by atoms with Gasteiger partial charge in [-0.15, -0.1) is 0 Å². The van der Waals surface area contributed by atoms with E-state index in [0.717, 1.165) is 5.69 Å². The Labute approximate surface area is 101 Å². The third kappa shape index (κ3) is 4.44. The second-order valence-electron chi connectivity index (χ2n) is 4.90. The number of aryl methyl sites for hydroxylation is 1. The van der Waals surface area contributed by atoms with Crippen molar-refractivity contribution in [2.45, 2.75) is 32.4 Å². The SMILES string of the molecule is Cn1cnc(C(CN)NC(=O)OC(C)(C)C)c1. The summed E-state index contributed by atoms with van der Waals surface area (Å²) < 4.78 is 6.96. The third-order valence-corrected chi connectivity index (χ3v) is 2.01. The van der Waals surface area contributed by atoms with Gasteiger partial charge in [-0.2, -0.15) is 0 Å². The molecule has 0 radical (unpaired) electrons. The molecule has 0 bridgehead atoms. The first-order valence-electron chi connectivity index (χ1n) is 5.49. The van der Waals surface area contributed by atoms with Crippen LogP contribution < -0.4 is 11.1 Å². The molecule has 3 N–H and O–H groups in total. The van der Waals surface area contributed by atoms with Crippen molar-refractivity contribution in [1.29, 1.82) is 0 Å². The highest BCUT2D eigenvalue weighted by Gasteiger charge is 2.20. The van der Waals surface area contributed by atoms with E-state index >= 15 is 0 Å². The lowest BCUT2D eigenvalue weighted by Gasteiger charge is -2.22. The maximum absolute atomic E-state index is 11.6. The molecule has 1 atom stereocenters. The van der Waals surface area contributed by atoms with Crippen LogP contribution in [-0.2, 0) is 11.8 Å². The fourth-order valence-corrected chi connectivity index (χ4v) is 1.32. The standard InChI is InChI=1S/C11H20N4O2/c1-11(2,3)17-10(16)14-8(5-12)9-6-15(4)7-13-9/h6-8H,5,12H2,1-4H3,(H,14,16). The lowest BCUT2D eigenvalue weighted by molar-refractivity contribution is 0.0504. The van der Waals surface area contributed by atoms with Gasteiger partial charge in [-0.3, -0.25) is 0 Å². The number of rotatable bonds is 3. The molecule has 1 rings (SSSR count). The van der Waals surface area contributed by atoms with Gasteiger partial charge in [-0.1, -0.05) is 0 Å². The van der Waals surface area contributed by atoms with Crippen LogP contribution in [0, 0.1) is 0 Å². The van der Waals surface area contributed by atoms with E-state index in [1.54, 1.807) is 10.9 Å². The Kier molecular flexibility index (Phi) is 4.11. The van der Waals surface area contributed by atoms with Crippen LogP contribution in [0.5, 0.6) is 0 Å². The summed E-state index contributed by atoms with van der Waals surface area (Å²) in [6, 6.07) is -0.328. The minimum absolute atomic E-state index is 0.274. The third-order valence-electron chi connectivity index (χ3n) is 2.01. The number of hydrogen-bond acceptors (Lipinski definition) is 4. The van der Waals surface area contributed by atoms with Crippen molar-refractivity contribution in [3.05, 3.63) is 18.2 Å². The number of nitrogens with zero attached hydrogens (tertiary/aromatic N) is 2. The molecule has 1 heterocycles. The molecule has 1 amide bonds. The van der Waals surface area contributed by atoms with Crippen molar-refractivity contribution >= 4 is 6.09 Å². The maximum Gasteiger partial charge on any atom is 0.408 e. The second kappa shape index (κ2) is 5.18. The number of aromatic nitrogens is 2. The molecule has 0 aliphatic carbocycles. The molecule has 0 aromatic carbocycles. The lowest BCUT2D eigenvalue weighted by atomic mass is 10.2. The van der Waals surface area contributed by atoms with Gasteiger partial charge in [0, 0.05) is 19.8 Å². The smallest absolute Gasteiger partial charge is 0.408 e. The first kappa shape index (κ1) is 13.5. The van der Waals surface area contributed by atoms with Gasteiger partial charge in [0.2, 0.25) is 0 Å². The molecular weight excluding hydrogens is 220 g/mol. The predicted octanol–water partition coefficient (Wildman–Crippen LogP) is 0.945. The van der Waals surface area contributed by atoms with Crippen molar-refractivity contribution < 1.29 is 9.53 Å². The highest BCUT2D eigenvalue weighted by atomic mass is 16.6. The van der Waals surface area contributed by atoms with E-state index in [0.29, 0.717) is 0 Å². The van der Waals surface area contributed by atoms with Crippen LogP contribution in [0.1, 0.15) is 32.5 Å². The van der Waals surface area contributed by atoms with E-state index in [4.69, 9.17) is 10.5 Å². The van der Waals surface area contributed by atoms with Crippen molar-refractivity contribution in [1.82, 2.24) is 14.9 Å². The number of nitrogens with one attached hydrogen (secondary N) is 1. The predicted molar refractivity (Wildman–Crippen MR) is 64.4 cm³/mol. The summed E-state index contributed by atoms with van der Waals surface area (Å²) in [4.78, 5) is 15.7. The van der Waals surface area contributed by atoms with E-state index < -0.39 is 11.7 Å². The fraction of sp³-hybridized carbons (Fsp3) is 0.636. The van der Waals surface area contributed by atoms with Crippen LogP contribution in [0.3, 0.4) is 0 Å². The zero-order valence-electron chi connectivity index (χ0n) is 10.7. The van der Waals surface area contributed by atoms with Crippen molar-refractivity contribution in [3.63, 3.8) is 0 Å². The quantitative estimate of drug-likeness (QED) is 0.824. The van der Waals surface area contributed by atoms with E-state index in [1.807, 2.05) is 34.0 Å². The van der Waals surface area contributed by atoms with Gasteiger partial charge in [0.15, 0.2) is 0 Å². The molecule has 0 spiro atoms. The van der Waals surface area contributed by atoms with Gasteiger partial charge < -0.3 is 20.4 Å². The van der Waals surface area contributed by atoms with Crippen molar-refractivity contribution in [3.8, 4) is 0 Å². The summed E-state index contributed by atoms with van der Waals surface area (Å²) in [6.45, 7) is 5.71. The Morgan fingerprint density at radius 2 is 2.29 bits per heavy atom. The average Bonchev–Trinajstić information content (AvgIpc) is 2.58. The lowest BCUT2D eigenvalue weighted by Crippen LogP contribution is -2.37. The van der Waals surface area contributed by atoms with E-state index in [2.05, 4.69) is 10.3 Å². The summed E-state index contributed by atoms with van der Waals surface area (Å²) in [5, 5.41) is 2.69. The Morgan fingerprint density at radius 1 is 1.65 bits per heavy atom. The Hall–Kier alpha value is -1.56. The first-order valence-corrected chi connectivity index (χ1v) is 5.49. The van der Waals surface area contributed by atoms with Crippen molar-refractivity contribution in [2.24, 2.45) is 12.8 Å². The van der Waals surface area contributed by atoms with Crippen LogP contribution >= 0.6 is 0 Å². The molecule has 1 unspecified atom stereocenters. The average molecular weight is 240 g/mol. The van der Waals surface area contributed by atoms with E-state index in [-0.39, 0.29) is 12.6 Å². The molecule has 0 aliphatic heterocycles. The molecule has 96 valence electrons. The number of carbonyl (C=O) groups is 1. The van der Waals surface area contributed by atoms with Gasteiger partial charge >= 0.3 is 6.09 Å². The number of amides is 1. The number of ether oxygens (including phenoxy) is 1. The summed E-state index contributed by atoms with van der Waals surface area (Å²) in [6.07, 6.45) is 2.99. The Bertz CT molecular complexity index is 381. The minimum Gasteiger partial charge on any atom is -0.444 e. The van der Waals surface area contributed by atoms with Crippen LogP contribution in [0.15, 0.2) is 12.5 Å². The minimum atomic E-state index is -0.520. The summed E-state index contributed by atoms with van der Waals surface area (Å²) in [7, 11) is 1.86. The molecule has 0 saturated heterocycles. The van der Waals surface area contributed by atoms with Gasteiger partial charge in [0.1, 0.15) is 5.60 Å². The van der Waals surface area contributed by atoms with Gasteiger partial charge in [0.25, 0.3) is 0 Å². The molecule has 0 fully saturated rings.